The van der Waals surface area contributed by atoms with Crippen LogP contribution >= 0.6 is 46.1 Å². The van der Waals surface area contributed by atoms with Crippen LogP contribution in [0.5, 0.6) is 11.5 Å². The lowest BCUT2D eigenvalue weighted by molar-refractivity contribution is 0.174. The first kappa shape index (κ1) is 24.4. The zero-order chi connectivity index (χ0) is 25.5. The molecule has 0 spiro atoms. The minimum Gasteiger partial charge on any atom is -0.454 e. The van der Waals surface area contributed by atoms with Crippen molar-refractivity contribution < 1.29 is 9.47 Å². The molecule has 0 fully saturated rings. The van der Waals surface area contributed by atoms with Crippen LogP contribution in [0.25, 0.3) is 0 Å². The average Bonchev–Trinajstić information content (AvgIpc) is 3.61. The van der Waals surface area contributed by atoms with E-state index in [9.17, 15) is 0 Å². The zero-order valence-corrected chi connectivity index (χ0v) is 22.8. The Morgan fingerprint density at radius 2 is 1.73 bits per heavy atom. The highest BCUT2D eigenvalue weighted by Gasteiger charge is 2.34. The molecule has 1 atom stereocenters. The van der Waals surface area contributed by atoms with Gasteiger partial charge in [-0.05, 0) is 42.0 Å². The Hall–Kier alpha value is -2.97. The maximum absolute atomic E-state index is 6.76. The van der Waals surface area contributed by atoms with Crippen LogP contribution in [0.4, 0.5) is 10.8 Å². The van der Waals surface area contributed by atoms with Gasteiger partial charge in [-0.2, -0.15) is 5.10 Å². The van der Waals surface area contributed by atoms with Crippen LogP contribution in [0.15, 0.2) is 71.8 Å². The fraction of sp³-hybridized carbons (Fsp3) is 0.185. The first-order valence-corrected chi connectivity index (χ1v) is 13.5. The van der Waals surface area contributed by atoms with Crippen molar-refractivity contribution in [3.8, 4) is 11.5 Å². The highest BCUT2D eigenvalue weighted by Crippen LogP contribution is 2.45. The van der Waals surface area contributed by atoms with Gasteiger partial charge in [0.1, 0.15) is 5.15 Å². The summed E-state index contributed by atoms with van der Waals surface area (Å²) in [7, 11) is 2.02. The summed E-state index contributed by atoms with van der Waals surface area (Å²) in [5.74, 6) is 1.44. The molecule has 0 saturated carbocycles. The summed E-state index contributed by atoms with van der Waals surface area (Å²) in [6.07, 6.45) is 0.619. The summed E-state index contributed by atoms with van der Waals surface area (Å²) in [4.78, 5) is 7.73. The lowest BCUT2D eigenvalue weighted by Crippen LogP contribution is -2.18. The van der Waals surface area contributed by atoms with Crippen molar-refractivity contribution in [2.75, 3.05) is 23.7 Å². The molecule has 0 aliphatic carbocycles. The van der Waals surface area contributed by atoms with Crippen molar-refractivity contribution in [2.24, 2.45) is 5.10 Å². The molecule has 188 valence electrons. The minimum absolute atomic E-state index is 0.182. The van der Waals surface area contributed by atoms with Crippen LogP contribution < -0.4 is 19.4 Å². The normalized spacial score (nSPS) is 16.3. The number of fused-ring (bicyclic) bond motifs is 1. The number of benzene rings is 3. The van der Waals surface area contributed by atoms with Crippen LogP contribution in [0.1, 0.15) is 28.5 Å². The Bertz CT molecular complexity index is 1470. The molecule has 37 heavy (non-hydrogen) atoms. The summed E-state index contributed by atoms with van der Waals surface area (Å²) in [5, 5.41) is 9.30. The van der Waals surface area contributed by atoms with E-state index in [0.29, 0.717) is 27.4 Å². The molecule has 4 aromatic rings. The van der Waals surface area contributed by atoms with Crippen molar-refractivity contribution in [1.29, 1.82) is 0 Å². The topological polar surface area (TPSA) is 50.2 Å². The second-order valence-electron chi connectivity index (χ2n) is 8.80. The van der Waals surface area contributed by atoms with Gasteiger partial charge in [-0.25, -0.2) is 4.98 Å². The van der Waals surface area contributed by atoms with Crippen LogP contribution in [0.2, 0.25) is 15.2 Å². The number of rotatable bonds is 6. The third-order valence-electron chi connectivity index (χ3n) is 6.22. The SMILES string of the molecule is CN(Cc1ccccc1)c1nc(Cl)c(C2CC(c3ccc4c(c3)OCO4)=NN2c2cc(Cl)cc(Cl)c2)s1. The monoisotopic (exact) mass is 570 g/mol. The van der Waals surface area contributed by atoms with E-state index in [1.807, 2.05) is 60.6 Å². The summed E-state index contributed by atoms with van der Waals surface area (Å²) >= 11 is 21.1. The number of aromatic nitrogens is 1. The molecule has 6 nitrogen and oxygen atoms in total. The third-order valence-corrected chi connectivity index (χ3v) is 8.33. The second kappa shape index (κ2) is 10.1. The first-order chi connectivity index (χ1) is 17.9. The number of hydrazone groups is 1. The molecule has 1 aromatic heterocycles. The van der Waals surface area contributed by atoms with Gasteiger partial charge >= 0.3 is 0 Å². The smallest absolute Gasteiger partial charge is 0.231 e. The number of hydrogen-bond donors (Lipinski definition) is 0. The number of anilines is 2. The number of ether oxygens (including phenoxy) is 2. The number of hydrogen-bond acceptors (Lipinski definition) is 7. The van der Waals surface area contributed by atoms with E-state index >= 15 is 0 Å². The van der Waals surface area contributed by atoms with E-state index < -0.39 is 0 Å². The summed E-state index contributed by atoms with van der Waals surface area (Å²) < 4.78 is 11.1. The second-order valence-corrected chi connectivity index (χ2v) is 11.0. The summed E-state index contributed by atoms with van der Waals surface area (Å²) in [5.41, 5.74) is 3.82. The molecule has 3 aromatic carbocycles. The lowest BCUT2D eigenvalue weighted by Gasteiger charge is -2.23. The van der Waals surface area contributed by atoms with Crippen molar-refractivity contribution >= 4 is 62.7 Å². The van der Waals surface area contributed by atoms with E-state index in [1.54, 1.807) is 17.4 Å². The molecule has 6 rings (SSSR count). The first-order valence-electron chi connectivity index (χ1n) is 11.6. The van der Waals surface area contributed by atoms with Gasteiger partial charge in [0.05, 0.1) is 22.3 Å². The molecular weight excluding hydrogens is 551 g/mol. The molecule has 0 amide bonds. The van der Waals surface area contributed by atoms with Crippen molar-refractivity contribution in [3.05, 3.63) is 97.9 Å². The van der Waals surface area contributed by atoms with Gasteiger partial charge in [0.15, 0.2) is 16.6 Å². The summed E-state index contributed by atoms with van der Waals surface area (Å²) in [6.45, 7) is 0.943. The van der Waals surface area contributed by atoms with Gasteiger partial charge in [-0.1, -0.05) is 76.5 Å². The third kappa shape index (κ3) is 4.97. The highest BCUT2D eigenvalue weighted by molar-refractivity contribution is 7.16. The van der Waals surface area contributed by atoms with Crippen LogP contribution in [0.3, 0.4) is 0 Å². The fourth-order valence-corrected chi connectivity index (χ4v) is 6.36. The van der Waals surface area contributed by atoms with Crippen molar-refractivity contribution in [2.45, 2.75) is 19.0 Å². The zero-order valence-electron chi connectivity index (χ0n) is 19.7. The number of nitrogens with zero attached hydrogens (tertiary/aromatic N) is 4. The summed E-state index contributed by atoms with van der Waals surface area (Å²) in [6, 6.07) is 21.4. The Morgan fingerprint density at radius 3 is 2.51 bits per heavy atom. The van der Waals surface area contributed by atoms with Gasteiger partial charge in [0.25, 0.3) is 0 Å². The molecule has 0 N–H and O–H groups in total. The quantitative estimate of drug-likeness (QED) is 0.236. The van der Waals surface area contributed by atoms with Gasteiger partial charge in [-0.3, -0.25) is 5.01 Å². The Kier molecular flexibility index (Phi) is 6.63. The molecule has 0 saturated heterocycles. The van der Waals surface area contributed by atoms with E-state index in [2.05, 4.69) is 17.0 Å². The van der Waals surface area contributed by atoms with E-state index in [0.717, 1.165) is 39.3 Å². The predicted molar refractivity (Wildman–Crippen MR) is 151 cm³/mol. The molecule has 0 bridgehead atoms. The maximum Gasteiger partial charge on any atom is 0.231 e. The van der Waals surface area contributed by atoms with Crippen LogP contribution in [-0.4, -0.2) is 24.5 Å². The molecular formula is C27H21Cl3N4O2S. The van der Waals surface area contributed by atoms with Crippen LogP contribution in [0, 0.1) is 0 Å². The van der Waals surface area contributed by atoms with Crippen LogP contribution in [-0.2, 0) is 6.54 Å². The van der Waals surface area contributed by atoms with Gasteiger partial charge in [0, 0.05) is 35.6 Å². The Morgan fingerprint density at radius 1 is 0.973 bits per heavy atom. The largest absolute Gasteiger partial charge is 0.454 e. The number of thiazole rings is 1. The van der Waals surface area contributed by atoms with E-state index in [1.165, 1.54) is 5.56 Å². The Balaban J connectivity index is 1.35. The van der Waals surface area contributed by atoms with E-state index in [4.69, 9.17) is 54.4 Å². The molecule has 10 heteroatoms. The van der Waals surface area contributed by atoms with Gasteiger partial charge in [-0.15, -0.1) is 0 Å². The fourth-order valence-electron chi connectivity index (χ4n) is 4.47. The molecule has 2 aliphatic rings. The molecule has 1 unspecified atom stereocenters. The number of halogens is 3. The molecule has 2 aliphatic heterocycles. The average molecular weight is 572 g/mol. The molecule has 0 radical (unpaired) electrons. The van der Waals surface area contributed by atoms with Gasteiger partial charge in [0.2, 0.25) is 6.79 Å². The van der Waals surface area contributed by atoms with Crippen molar-refractivity contribution in [1.82, 2.24) is 4.98 Å². The highest BCUT2D eigenvalue weighted by atomic mass is 35.5. The maximum atomic E-state index is 6.76. The lowest BCUT2D eigenvalue weighted by atomic mass is 10.0. The van der Waals surface area contributed by atoms with E-state index in [-0.39, 0.29) is 12.8 Å². The van der Waals surface area contributed by atoms with Gasteiger partial charge < -0.3 is 14.4 Å². The Labute approximate surface area is 233 Å². The standard InChI is InChI=1S/C27H21Cl3N4O2S/c1-33(14-16-5-3-2-4-6-16)27-31-26(30)25(37-27)22-13-21(17-7-8-23-24(9-17)36-15-35-23)32-34(22)20-11-18(28)10-19(29)12-20/h2-12,22H,13-15H2,1H3. The molecule has 3 heterocycles. The predicted octanol–water partition coefficient (Wildman–Crippen LogP) is 7.82. The van der Waals surface area contributed by atoms with Crippen molar-refractivity contribution in [3.63, 3.8) is 0 Å². The minimum atomic E-state index is -0.182.